The number of aromatic nitrogens is 3. The van der Waals surface area contributed by atoms with Crippen molar-refractivity contribution in [2.24, 2.45) is 0 Å². The summed E-state index contributed by atoms with van der Waals surface area (Å²) in [6.07, 6.45) is -0.421. The number of hydrogen-bond acceptors (Lipinski definition) is 6. The second-order valence-corrected chi connectivity index (χ2v) is 9.07. The molecule has 0 aliphatic carbocycles. The zero-order valence-electron chi connectivity index (χ0n) is 18.4. The van der Waals surface area contributed by atoms with E-state index in [1.54, 1.807) is 25.3 Å². The van der Waals surface area contributed by atoms with Crippen LogP contribution < -0.4 is 9.47 Å². The summed E-state index contributed by atoms with van der Waals surface area (Å²) in [5.41, 5.74) is 1.28. The number of hydrogen-bond donors (Lipinski definition) is 0. The molecule has 9 heteroatoms. The van der Waals surface area contributed by atoms with Crippen LogP contribution in [0.2, 0.25) is 10.0 Å². The third-order valence-corrected chi connectivity index (χ3v) is 6.43. The van der Waals surface area contributed by atoms with Crippen LogP contribution in [0.1, 0.15) is 29.2 Å². The molecule has 0 radical (unpaired) electrons. The topological polar surface area (TPSA) is 66.2 Å². The molecule has 1 heterocycles. The Hall–Kier alpha value is -3.00. The molecule has 0 amide bonds. The Balaban J connectivity index is 1.60. The highest BCUT2D eigenvalue weighted by Gasteiger charge is 2.22. The van der Waals surface area contributed by atoms with Gasteiger partial charge in [-0.05, 0) is 49.4 Å². The minimum absolute atomic E-state index is 0.128. The second kappa shape index (κ2) is 11.0. The van der Waals surface area contributed by atoms with Crippen LogP contribution >= 0.6 is 35.0 Å². The third-order valence-electron chi connectivity index (χ3n) is 4.95. The summed E-state index contributed by atoms with van der Waals surface area (Å²) < 4.78 is 13.3. The van der Waals surface area contributed by atoms with E-state index in [-0.39, 0.29) is 11.5 Å². The normalized spacial score (nSPS) is 11.8. The summed E-state index contributed by atoms with van der Waals surface area (Å²) in [6.45, 7) is 1.90. The number of Topliss-reactive ketones (excluding diaryl/α,β-unsaturated/α-hetero) is 1. The van der Waals surface area contributed by atoms with Crippen molar-refractivity contribution in [2.75, 3.05) is 12.9 Å². The molecule has 3 aromatic carbocycles. The number of halogens is 2. The van der Waals surface area contributed by atoms with Crippen molar-refractivity contribution in [1.29, 1.82) is 0 Å². The van der Waals surface area contributed by atoms with Crippen LogP contribution in [0.5, 0.6) is 11.5 Å². The molecule has 34 heavy (non-hydrogen) atoms. The predicted octanol–water partition coefficient (Wildman–Crippen LogP) is 6.70. The standard InChI is InChI=1S/C25H21Cl2N3O3S/c1-16(33-20-10-6-9-19(14-20)32-2)24-28-29-25(30(24)18-7-4-3-5-8-18)34-15-23(31)21-12-11-17(26)13-22(21)27/h3-14,16H,15H2,1-2H3. The number of nitrogens with zero attached hydrogens (tertiary/aromatic N) is 3. The molecule has 1 aromatic heterocycles. The maximum Gasteiger partial charge on any atom is 0.196 e. The minimum Gasteiger partial charge on any atom is -0.497 e. The van der Waals surface area contributed by atoms with Gasteiger partial charge in [-0.3, -0.25) is 9.36 Å². The lowest BCUT2D eigenvalue weighted by molar-refractivity contribution is 0.102. The van der Waals surface area contributed by atoms with Crippen molar-refractivity contribution >= 4 is 40.7 Å². The van der Waals surface area contributed by atoms with Gasteiger partial charge in [-0.15, -0.1) is 10.2 Å². The number of carbonyl (C=O) groups is 1. The van der Waals surface area contributed by atoms with Crippen molar-refractivity contribution in [3.63, 3.8) is 0 Å². The van der Waals surface area contributed by atoms with Gasteiger partial charge in [-0.1, -0.05) is 59.2 Å². The Morgan fingerprint density at radius 1 is 1.00 bits per heavy atom. The van der Waals surface area contributed by atoms with Gasteiger partial charge in [-0.25, -0.2) is 0 Å². The minimum atomic E-state index is -0.421. The number of ketones is 1. The number of carbonyl (C=O) groups excluding carboxylic acids is 1. The van der Waals surface area contributed by atoms with Crippen LogP contribution in [-0.4, -0.2) is 33.4 Å². The molecule has 0 aliphatic heterocycles. The van der Waals surface area contributed by atoms with Crippen molar-refractivity contribution in [3.8, 4) is 17.2 Å². The molecule has 0 N–H and O–H groups in total. The largest absolute Gasteiger partial charge is 0.497 e. The molecule has 0 saturated carbocycles. The van der Waals surface area contributed by atoms with E-state index < -0.39 is 6.10 Å². The summed E-state index contributed by atoms with van der Waals surface area (Å²) in [5.74, 6) is 1.96. The number of ether oxygens (including phenoxy) is 2. The first-order valence-corrected chi connectivity index (χ1v) is 12.1. The Labute approximate surface area is 211 Å². The van der Waals surface area contributed by atoms with E-state index in [9.17, 15) is 4.79 Å². The van der Waals surface area contributed by atoms with E-state index >= 15 is 0 Å². The Morgan fingerprint density at radius 2 is 1.76 bits per heavy atom. The molecule has 0 aliphatic rings. The molecule has 4 rings (SSSR count). The van der Waals surface area contributed by atoms with Crippen LogP contribution in [0, 0.1) is 0 Å². The summed E-state index contributed by atoms with van der Waals surface area (Å²) in [6, 6.07) is 21.9. The van der Waals surface area contributed by atoms with E-state index in [1.165, 1.54) is 11.8 Å². The highest BCUT2D eigenvalue weighted by atomic mass is 35.5. The smallest absolute Gasteiger partial charge is 0.196 e. The molecule has 1 unspecified atom stereocenters. The first-order valence-electron chi connectivity index (χ1n) is 10.4. The lowest BCUT2D eigenvalue weighted by Crippen LogP contribution is -2.12. The SMILES string of the molecule is COc1cccc(OC(C)c2nnc(SCC(=O)c3ccc(Cl)cc3Cl)n2-c2ccccc2)c1. The number of para-hydroxylation sites is 1. The van der Waals surface area contributed by atoms with E-state index in [2.05, 4.69) is 10.2 Å². The van der Waals surface area contributed by atoms with Crippen LogP contribution in [0.15, 0.2) is 78.0 Å². The first kappa shape index (κ1) is 24.1. The Bertz CT molecular complexity index is 1300. The fraction of sp³-hybridized carbons (Fsp3) is 0.160. The molecule has 0 bridgehead atoms. The molecule has 174 valence electrons. The van der Waals surface area contributed by atoms with E-state index in [0.29, 0.717) is 38.1 Å². The lowest BCUT2D eigenvalue weighted by atomic mass is 10.1. The Kier molecular flexibility index (Phi) is 7.77. The molecule has 0 fully saturated rings. The van der Waals surface area contributed by atoms with Gasteiger partial charge in [0, 0.05) is 22.3 Å². The van der Waals surface area contributed by atoms with Crippen molar-refractivity contribution in [1.82, 2.24) is 14.8 Å². The highest BCUT2D eigenvalue weighted by molar-refractivity contribution is 7.99. The monoisotopic (exact) mass is 513 g/mol. The molecule has 4 aromatic rings. The van der Waals surface area contributed by atoms with Gasteiger partial charge >= 0.3 is 0 Å². The summed E-state index contributed by atoms with van der Waals surface area (Å²) in [7, 11) is 1.61. The van der Waals surface area contributed by atoms with E-state index in [0.717, 1.165) is 5.69 Å². The average molecular weight is 514 g/mol. The fourth-order valence-corrected chi connectivity index (χ4v) is 4.67. The van der Waals surface area contributed by atoms with Crippen molar-refractivity contribution < 1.29 is 14.3 Å². The highest BCUT2D eigenvalue weighted by Crippen LogP contribution is 2.30. The van der Waals surface area contributed by atoms with E-state index in [1.807, 2.05) is 66.1 Å². The summed E-state index contributed by atoms with van der Waals surface area (Å²) in [5, 5.41) is 10.1. The van der Waals surface area contributed by atoms with Gasteiger partial charge < -0.3 is 9.47 Å². The maximum atomic E-state index is 12.8. The quantitative estimate of drug-likeness (QED) is 0.183. The van der Waals surface area contributed by atoms with Gasteiger partial charge in [0.1, 0.15) is 11.5 Å². The molecular weight excluding hydrogens is 493 g/mol. The van der Waals surface area contributed by atoms with Gasteiger partial charge in [-0.2, -0.15) is 0 Å². The molecular formula is C25H21Cl2N3O3S. The molecule has 1 atom stereocenters. The average Bonchev–Trinajstić information content (AvgIpc) is 3.27. The number of methoxy groups -OCH3 is 1. The number of thioether (sulfide) groups is 1. The summed E-state index contributed by atoms with van der Waals surface area (Å²) >= 11 is 13.4. The van der Waals surface area contributed by atoms with Crippen molar-refractivity contribution in [3.05, 3.63) is 94.2 Å². The Morgan fingerprint density at radius 3 is 2.50 bits per heavy atom. The maximum absolute atomic E-state index is 12.8. The van der Waals surface area contributed by atoms with E-state index in [4.69, 9.17) is 32.7 Å². The van der Waals surface area contributed by atoms with Crippen molar-refractivity contribution in [2.45, 2.75) is 18.2 Å². The van der Waals surface area contributed by atoms with Crippen LogP contribution in [0.3, 0.4) is 0 Å². The lowest BCUT2D eigenvalue weighted by Gasteiger charge is -2.17. The predicted molar refractivity (Wildman–Crippen MR) is 135 cm³/mol. The molecule has 0 saturated heterocycles. The van der Waals surface area contributed by atoms with Gasteiger partial charge in [0.2, 0.25) is 0 Å². The fourth-order valence-electron chi connectivity index (χ4n) is 3.31. The third kappa shape index (κ3) is 5.55. The number of rotatable bonds is 9. The van der Waals surface area contributed by atoms with Gasteiger partial charge in [0.25, 0.3) is 0 Å². The zero-order valence-corrected chi connectivity index (χ0v) is 20.8. The molecule has 0 spiro atoms. The summed E-state index contributed by atoms with van der Waals surface area (Å²) in [4.78, 5) is 12.8. The number of benzene rings is 3. The van der Waals surface area contributed by atoms with Crippen LogP contribution in [0.4, 0.5) is 0 Å². The van der Waals surface area contributed by atoms with Gasteiger partial charge in [0.15, 0.2) is 22.9 Å². The van der Waals surface area contributed by atoms with Crippen LogP contribution in [-0.2, 0) is 0 Å². The van der Waals surface area contributed by atoms with Crippen LogP contribution in [0.25, 0.3) is 5.69 Å². The zero-order chi connectivity index (χ0) is 24.1. The molecule has 6 nitrogen and oxygen atoms in total. The van der Waals surface area contributed by atoms with Gasteiger partial charge in [0.05, 0.1) is 17.9 Å². The second-order valence-electron chi connectivity index (χ2n) is 7.29. The first-order chi connectivity index (χ1) is 16.5.